The fraction of sp³-hybridized carbons (Fsp3) is 0.351. The molecule has 0 radical (unpaired) electrons. The molecule has 0 spiro atoms. The number of ether oxygens (including phenoxy) is 3. The van der Waals surface area contributed by atoms with E-state index in [-0.39, 0.29) is 54.5 Å². The largest absolute Gasteiger partial charge is 0.496 e. The Balaban J connectivity index is 1.20. The summed E-state index contributed by atoms with van der Waals surface area (Å²) in [6, 6.07) is 16.3. The highest BCUT2D eigenvalue weighted by atomic mass is 32.2. The molecule has 13 nitrogen and oxygen atoms in total. The predicted molar refractivity (Wildman–Crippen MR) is 192 cm³/mol. The van der Waals surface area contributed by atoms with Gasteiger partial charge in [-0.15, -0.1) is 0 Å². The van der Waals surface area contributed by atoms with Crippen molar-refractivity contribution < 1.29 is 32.2 Å². The third-order valence-electron chi connectivity index (χ3n) is 9.51. The van der Waals surface area contributed by atoms with Crippen molar-refractivity contribution in [1.82, 2.24) is 19.1 Å². The van der Waals surface area contributed by atoms with Crippen molar-refractivity contribution in [2.24, 2.45) is 5.73 Å². The average molecular weight is 715 g/mol. The number of pyridine rings is 1. The third kappa shape index (κ3) is 6.93. The highest BCUT2D eigenvalue weighted by Gasteiger charge is 2.43. The topological polar surface area (TPSA) is 168 Å². The number of hydrogen-bond donors (Lipinski definition) is 2. The summed E-state index contributed by atoms with van der Waals surface area (Å²) >= 11 is 0. The number of nitrogen functional groups attached to an aromatic ring is 1. The van der Waals surface area contributed by atoms with E-state index in [0.29, 0.717) is 59.6 Å². The number of sulfonamides is 1. The molecule has 268 valence electrons. The van der Waals surface area contributed by atoms with Crippen LogP contribution in [0.2, 0.25) is 0 Å². The van der Waals surface area contributed by atoms with Crippen LogP contribution in [0.5, 0.6) is 17.2 Å². The number of carbonyl (C=O) groups is 2. The molecule has 0 unspecified atom stereocenters. The van der Waals surface area contributed by atoms with Crippen LogP contribution >= 0.6 is 0 Å². The molecule has 14 heteroatoms. The molecule has 1 aromatic heterocycles. The van der Waals surface area contributed by atoms with Crippen LogP contribution in [0, 0.1) is 19.3 Å². The second-order valence-electron chi connectivity index (χ2n) is 12.7. The Kier molecular flexibility index (Phi) is 10.2. The molecule has 2 fully saturated rings. The fourth-order valence-corrected chi connectivity index (χ4v) is 8.72. The Bertz CT molecular complexity index is 2100. The number of nitrogens with one attached hydrogen (secondary N) is 1. The van der Waals surface area contributed by atoms with Crippen LogP contribution in [0.3, 0.4) is 0 Å². The van der Waals surface area contributed by atoms with E-state index in [1.54, 1.807) is 40.1 Å². The Morgan fingerprint density at radius 2 is 1.59 bits per heavy atom. The monoisotopic (exact) mass is 714 g/mol. The number of para-hydroxylation sites is 1. The molecule has 6 rings (SSSR count). The summed E-state index contributed by atoms with van der Waals surface area (Å²) in [6.45, 7) is 5.20. The van der Waals surface area contributed by atoms with E-state index < -0.39 is 16.1 Å². The van der Waals surface area contributed by atoms with Crippen LogP contribution < -0.4 is 19.9 Å². The van der Waals surface area contributed by atoms with Crippen molar-refractivity contribution in [3.8, 4) is 17.2 Å². The molecule has 3 heterocycles. The highest BCUT2D eigenvalue weighted by molar-refractivity contribution is 7.89. The first-order chi connectivity index (χ1) is 24.4. The molecule has 2 aliphatic rings. The van der Waals surface area contributed by atoms with Gasteiger partial charge < -0.3 is 29.7 Å². The van der Waals surface area contributed by atoms with Crippen molar-refractivity contribution in [1.29, 1.82) is 5.41 Å². The molecule has 1 atom stereocenters. The number of methoxy groups -OCH3 is 2. The van der Waals surface area contributed by atoms with Gasteiger partial charge in [-0.05, 0) is 68.7 Å². The zero-order chi connectivity index (χ0) is 36.4. The normalized spacial score (nSPS) is 16.7. The Morgan fingerprint density at radius 3 is 2.25 bits per heavy atom. The number of nitrogens with two attached hydrogens (primary N) is 1. The maximum atomic E-state index is 14.4. The van der Waals surface area contributed by atoms with E-state index in [9.17, 15) is 18.0 Å². The smallest absolute Gasteiger partial charge is 0.253 e. The number of nitrogens with zero attached hydrogens (tertiary/aromatic N) is 4. The van der Waals surface area contributed by atoms with Crippen molar-refractivity contribution in [2.45, 2.75) is 44.2 Å². The van der Waals surface area contributed by atoms with Crippen LogP contribution in [-0.2, 0) is 21.4 Å². The van der Waals surface area contributed by atoms with Gasteiger partial charge in [0.25, 0.3) is 5.91 Å². The first-order valence-corrected chi connectivity index (χ1v) is 18.2. The van der Waals surface area contributed by atoms with E-state index in [2.05, 4.69) is 4.98 Å². The first kappa shape index (κ1) is 35.6. The third-order valence-corrected chi connectivity index (χ3v) is 11.4. The van der Waals surface area contributed by atoms with Gasteiger partial charge in [0.05, 0.1) is 19.8 Å². The van der Waals surface area contributed by atoms with E-state index in [0.717, 1.165) is 16.6 Å². The van der Waals surface area contributed by atoms with Crippen molar-refractivity contribution in [3.05, 3.63) is 88.6 Å². The molecule has 51 heavy (non-hydrogen) atoms. The van der Waals surface area contributed by atoms with Gasteiger partial charge in [-0.3, -0.25) is 15.0 Å². The highest BCUT2D eigenvalue weighted by Crippen LogP contribution is 2.39. The molecule has 0 saturated carbocycles. The lowest BCUT2D eigenvalue weighted by atomic mass is 10.1. The molecule has 2 amide bonds. The van der Waals surface area contributed by atoms with Gasteiger partial charge in [-0.25, -0.2) is 13.4 Å². The predicted octanol–water partition coefficient (Wildman–Crippen LogP) is 3.87. The molecular weight excluding hydrogens is 673 g/mol. The number of piperazine rings is 1. The Labute approximate surface area is 297 Å². The Hall–Kier alpha value is -5.21. The lowest BCUT2D eigenvalue weighted by Gasteiger charge is -2.37. The summed E-state index contributed by atoms with van der Waals surface area (Å²) in [7, 11) is -1.32. The summed E-state index contributed by atoms with van der Waals surface area (Å²) < 4.78 is 47.6. The molecule has 2 aliphatic heterocycles. The number of amidine groups is 1. The number of rotatable bonds is 10. The molecular formula is C37H42N6O7S. The van der Waals surface area contributed by atoms with Crippen LogP contribution in [0.1, 0.15) is 45.6 Å². The van der Waals surface area contributed by atoms with E-state index in [1.807, 2.05) is 38.1 Å². The van der Waals surface area contributed by atoms with E-state index in [4.69, 9.17) is 25.4 Å². The van der Waals surface area contributed by atoms with Gasteiger partial charge in [-0.2, -0.15) is 4.31 Å². The number of fused-ring (bicyclic) bond motifs is 1. The molecule has 4 aromatic rings. The number of hydrogen-bond acceptors (Lipinski definition) is 9. The van der Waals surface area contributed by atoms with Gasteiger partial charge >= 0.3 is 0 Å². The number of aryl methyl sites for hydroxylation is 2. The van der Waals surface area contributed by atoms with Gasteiger partial charge in [0.15, 0.2) is 0 Å². The van der Waals surface area contributed by atoms with Crippen LogP contribution in [0.4, 0.5) is 0 Å². The van der Waals surface area contributed by atoms with Crippen molar-refractivity contribution in [2.75, 3.05) is 46.9 Å². The summed E-state index contributed by atoms with van der Waals surface area (Å²) in [6.07, 6.45) is 0.896. The maximum absolute atomic E-state index is 14.4. The van der Waals surface area contributed by atoms with Gasteiger partial charge in [0.1, 0.15) is 46.1 Å². The zero-order valence-electron chi connectivity index (χ0n) is 29.1. The molecule has 3 N–H and O–H groups in total. The van der Waals surface area contributed by atoms with Gasteiger partial charge in [0.2, 0.25) is 15.9 Å². The minimum absolute atomic E-state index is 0.0598. The lowest BCUT2D eigenvalue weighted by Crippen LogP contribution is -2.55. The zero-order valence-corrected chi connectivity index (χ0v) is 30.0. The standard InChI is InChI=1S/C37H42N6O7S/c1-23-21-24(2)40-33-27(23)7-5-9-31(33)50-22-28-30(48-3)14-15-32(34(28)49-4)51(46,47)43-16-6-8-29(43)37(45)42-19-17-41(18-20-42)36(44)26-12-10-25(11-13-26)35(38)39/h5,7,9-15,21,29H,6,8,16-20,22H2,1-4H3,(H3,38,39)/t29-/m0/s1. The van der Waals surface area contributed by atoms with Crippen molar-refractivity contribution >= 4 is 38.6 Å². The summed E-state index contributed by atoms with van der Waals surface area (Å²) in [5, 5.41) is 8.51. The molecule has 2 saturated heterocycles. The second-order valence-corrected chi connectivity index (χ2v) is 14.5. The maximum Gasteiger partial charge on any atom is 0.253 e. The quantitative estimate of drug-likeness (QED) is 0.183. The minimum Gasteiger partial charge on any atom is -0.496 e. The first-order valence-electron chi connectivity index (χ1n) is 16.7. The number of amides is 2. The fourth-order valence-electron chi connectivity index (χ4n) is 6.88. The number of carbonyl (C=O) groups excluding carboxylic acids is 2. The van der Waals surface area contributed by atoms with Crippen molar-refractivity contribution in [3.63, 3.8) is 0 Å². The minimum atomic E-state index is -4.21. The summed E-state index contributed by atoms with van der Waals surface area (Å²) in [5.41, 5.74) is 9.53. The Morgan fingerprint density at radius 1 is 0.902 bits per heavy atom. The summed E-state index contributed by atoms with van der Waals surface area (Å²) in [4.78, 5) is 34.9. The molecule has 3 aromatic carbocycles. The summed E-state index contributed by atoms with van der Waals surface area (Å²) in [5.74, 6) is 0.451. The molecule has 0 bridgehead atoms. The number of aromatic nitrogens is 1. The molecule has 0 aliphatic carbocycles. The van der Waals surface area contributed by atoms with Gasteiger partial charge in [-0.1, -0.05) is 24.3 Å². The van der Waals surface area contributed by atoms with E-state index in [1.165, 1.54) is 24.6 Å². The second kappa shape index (κ2) is 14.6. The SMILES string of the molecule is COc1ccc(S(=O)(=O)N2CCC[C@H]2C(=O)N2CCN(C(=O)c3ccc(C(=N)N)cc3)CC2)c(OC)c1COc1cccc2c(C)cc(C)nc12. The van der Waals surface area contributed by atoms with Crippen LogP contribution in [0.25, 0.3) is 10.9 Å². The number of benzene rings is 3. The average Bonchev–Trinajstić information content (AvgIpc) is 3.64. The van der Waals surface area contributed by atoms with E-state index >= 15 is 0 Å². The van der Waals surface area contributed by atoms with Crippen LogP contribution in [0.15, 0.2) is 65.6 Å². The lowest BCUT2D eigenvalue weighted by molar-refractivity contribution is -0.136. The van der Waals surface area contributed by atoms with Crippen LogP contribution in [-0.4, -0.2) is 98.1 Å². The van der Waals surface area contributed by atoms with Gasteiger partial charge in [0, 0.05) is 54.9 Å².